The van der Waals surface area contributed by atoms with Gasteiger partial charge in [0.15, 0.2) is 0 Å². The number of carbonyl (C=O) groups is 1. The van der Waals surface area contributed by atoms with E-state index in [-0.39, 0.29) is 5.56 Å². The highest BCUT2D eigenvalue weighted by atomic mass is 79.9. The van der Waals surface area contributed by atoms with Crippen molar-refractivity contribution in [2.24, 2.45) is 0 Å². The molecule has 0 spiro atoms. The molecular weight excluding hydrogens is 324 g/mol. The monoisotopic (exact) mass is 336 g/mol. The molecule has 1 N–H and O–H groups in total. The molecule has 0 heterocycles. The van der Waals surface area contributed by atoms with Gasteiger partial charge in [-0.1, -0.05) is 12.1 Å². The van der Waals surface area contributed by atoms with E-state index in [4.69, 9.17) is 14.6 Å². The Morgan fingerprint density at radius 2 is 1.90 bits per heavy atom. The topological polar surface area (TPSA) is 55.8 Å². The molecule has 5 heteroatoms. The van der Waals surface area contributed by atoms with E-state index in [2.05, 4.69) is 15.9 Å². The van der Waals surface area contributed by atoms with Crippen LogP contribution in [0.4, 0.5) is 0 Å². The minimum Gasteiger partial charge on any atom is -0.497 e. The molecule has 0 fully saturated rings. The molecule has 0 aliphatic carbocycles. The van der Waals surface area contributed by atoms with Crippen molar-refractivity contribution < 1.29 is 19.4 Å². The second-order valence-electron chi connectivity index (χ2n) is 4.09. The molecule has 0 aromatic heterocycles. The number of methoxy groups -OCH3 is 1. The van der Waals surface area contributed by atoms with Gasteiger partial charge in [0.25, 0.3) is 0 Å². The standard InChI is InChI=1S/C15H13BrO4/c1-19-12-6-7-14(13(16)8-12)20-9-10-2-4-11(5-3-10)15(17)18/h2-8H,9H2,1H3,(H,17,18). The highest BCUT2D eigenvalue weighted by Crippen LogP contribution is 2.29. The Balaban J connectivity index is 2.03. The average molecular weight is 337 g/mol. The molecule has 0 radical (unpaired) electrons. The van der Waals surface area contributed by atoms with Gasteiger partial charge in [-0.15, -0.1) is 0 Å². The molecule has 0 saturated heterocycles. The van der Waals surface area contributed by atoms with Gasteiger partial charge < -0.3 is 14.6 Å². The van der Waals surface area contributed by atoms with Crippen LogP contribution in [0.25, 0.3) is 0 Å². The second-order valence-corrected chi connectivity index (χ2v) is 4.94. The largest absolute Gasteiger partial charge is 0.497 e. The fourth-order valence-corrected chi connectivity index (χ4v) is 2.10. The summed E-state index contributed by atoms with van der Waals surface area (Å²) >= 11 is 3.41. The lowest BCUT2D eigenvalue weighted by molar-refractivity contribution is 0.0697. The molecule has 0 unspecified atom stereocenters. The summed E-state index contributed by atoms with van der Waals surface area (Å²) in [6.45, 7) is 0.366. The summed E-state index contributed by atoms with van der Waals surface area (Å²) in [5.74, 6) is 0.513. The lowest BCUT2D eigenvalue weighted by Crippen LogP contribution is -1.99. The number of rotatable bonds is 5. The minimum absolute atomic E-state index is 0.263. The summed E-state index contributed by atoms with van der Waals surface area (Å²) in [7, 11) is 1.60. The van der Waals surface area contributed by atoms with Crippen LogP contribution in [0.5, 0.6) is 11.5 Å². The van der Waals surface area contributed by atoms with Crippen LogP contribution in [0.15, 0.2) is 46.9 Å². The second kappa shape index (κ2) is 6.43. The van der Waals surface area contributed by atoms with Gasteiger partial charge in [-0.2, -0.15) is 0 Å². The third kappa shape index (κ3) is 3.51. The maximum atomic E-state index is 10.7. The number of hydrogen-bond acceptors (Lipinski definition) is 3. The Labute approximate surface area is 125 Å². The summed E-state index contributed by atoms with van der Waals surface area (Å²) in [5.41, 5.74) is 1.16. The Morgan fingerprint density at radius 1 is 1.20 bits per heavy atom. The first-order valence-electron chi connectivity index (χ1n) is 5.88. The van der Waals surface area contributed by atoms with Gasteiger partial charge in [0.1, 0.15) is 18.1 Å². The third-order valence-corrected chi connectivity index (χ3v) is 3.35. The van der Waals surface area contributed by atoms with Crippen LogP contribution < -0.4 is 9.47 Å². The van der Waals surface area contributed by atoms with Crippen molar-refractivity contribution in [3.8, 4) is 11.5 Å². The summed E-state index contributed by atoms with van der Waals surface area (Å²) in [6.07, 6.45) is 0. The molecular formula is C15H13BrO4. The van der Waals surface area contributed by atoms with Gasteiger partial charge in [-0.25, -0.2) is 4.79 Å². The number of ether oxygens (including phenoxy) is 2. The number of benzene rings is 2. The van der Waals surface area contributed by atoms with E-state index in [0.29, 0.717) is 12.4 Å². The van der Waals surface area contributed by atoms with Crippen molar-refractivity contribution in [3.63, 3.8) is 0 Å². The molecule has 4 nitrogen and oxygen atoms in total. The highest BCUT2D eigenvalue weighted by Gasteiger charge is 2.05. The van der Waals surface area contributed by atoms with E-state index in [0.717, 1.165) is 15.8 Å². The minimum atomic E-state index is -0.935. The van der Waals surface area contributed by atoms with Crippen LogP contribution in [-0.2, 0) is 6.61 Å². The fraction of sp³-hybridized carbons (Fsp3) is 0.133. The zero-order chi connectivity index (χ0) is 14.5. The lowest BCUT2D eigenvalue weighted by atomic mass is 10.1. The maximum absolute atomic E-state index is 10.7. The normalized spacial score (nSPS) is 10.1. The molecule has 0 atom stereocenters. The van der Waals surface area contributed by atoms with E-state index in [1.807, 2.05) is 18.2 Å². The van der Waals surface area contributed by atoms with Crippen LogP contribution in [0.1, 0.15) is 15.9 Å². The lowest BCUT2D eigenvalue weighted by Gasteiger charge is -2.09. The van der Waals surface area contributed by atoms with Crippen molar-refractivity contribution in [2.75, 3.05) is 7.11 Å². The van der Waals surface area contributed by atoms with Crippen molar-refractivity contribution in [1.29, 1.82) is 0 Å². The van der Waals surface area contributed by atoms with Crippen LogP contribution >= 0.6 is 15.9 Å². The van der Waals surface area contributed by atoms with Crippen molar-refractivity contribution >= 4 is 21.9 Å². The summed E-state index contributed by atoms with van der Waals surface area (Å²) in [4.78, 5) is 10.7. The summed E-state index contributed by atoms with van der Waals surface area (Å²) in [5, 5.41) is 8.82. The quantitative estimate of drug-likeness (QED) is 0.903. The number of aromatic carboxylic acids is 1. The van der Waals surface area contributed by atoms with Gasteiger partial charge in [-0.05, 0) is 51.8 Å². The molecule has 2 rings (SSSR count). The summed E-state index contributed by atoms with van der Waals surface area (Å²) < 4.78 is 11.6. The van der Waals surface area contributed by atoms with Gasteiger partial charge >= 0.3 is 5.97 Å². The van der Waals surface area contributed by atoms with Gasteiger partial charge in [0.2, 0.25) is 0 Å². The molecule has 20 heavy (non-hydrogen) atoms. The molecule has 0 bridgehead atoms. The number of halogens is 1. The third-order valence-electron chi connectivity index (χ3n) is 2.73. The van der Waals surface area contributed by atoms with Gasteiger partial charge in [-0.3, -0.25) is 0 Å². The predicted molar refractivity (Wildman–Crippen MR) is 78.4 cm³/mol. The van der Waals surface area contributed by atoms with E-state index in [9.17, 15) is 4.79 Å². The first kappa shape index (κ1) is 14.4. The SMILES string of the molecule is COc1ccc(OCc2ccc(C(=O)O)cc2)c(Br)c1. The number of carboxylic acids is 1. The molecule has 0 aliphatic heterocycles. The Kier molecular flexibility index (Phi) is 4.63. The van der Waals surface area contributed by atoms with E-state index < -0.39 is 5.97 Å². The number of carboxylic acid groups (broad SMARTS) is 1. The predicted octanol–water partition coefficient (Wildman–Crippen LogP) is 3.73. The molecule has 2 aromatic carbocycles. The van der Waals surface area contributed by atoms with Crippen LogP contribution in [0, 0.1) is 0 Å². The first-order valence-corrected chi connectivity index (χ1v) is 6.68. The molecule has 2 aromatic rings. The first-order chi connectivity index (χ1) is 9.60. The average Bonchev–Trinajstić information content (AvgIpc) is 2.46. The molecule has 0 saturated carbocycles. The van der Waals surface area contributed by atoms with Gasteiger partial charge in [0.05, 0.1) is 17.1 Å². The van der Waals surface area contributed by atoms with Crippen molar-refractivity contribution in [2.45, 2.75) is 6.61 Å². The van der Waals surface area contributed by atoms with Crippen LogP contribution in [-0.4, -0.2) is 18.2 Å². The van der Waals surface area contributed by atoms with Gasteiger partial charge in [0, 0.05) is 0 Å². The van der Waals surface area contributed by atoms with E-state index in [1.165, 1.54) is 0 Å². The Bertz CT molecular complexity index is 608. The highest BCUT2D eigenvalue weighted by molar-refractivity contribution is 9.10. The van der Waals surface area contributed by atoms with E-state index >= 15 is 0 Å². The molecule has 0 amide bonds. The number of hydrogen-bond donors (Lipinski definition) is 1. The fourth-order valence-electron chi connectivity index (χ4n) is 1.63. The Hall–Kier alpha value is -2.01. The zero-order valence-electron chi connectivity index (χ0n) is 10.8. The van der Waals surface area contributed by atoms with Crippen LogP contribution in [0.2, 0.25) is 0 Å². The van der Waals surface area contributed by atoms with Crippen molar-refractivity contribution in [3.05, 3.63) is 58.1 Å². The smallest absolute Gasteiger partial charge is 0.335 e. The zero-order valence-corrected chi connectivity index (χ0v) is 12.4. The summed E-state index contributed by atoms with van der Waals surface area (Å²) in [6, 6.07) is 12.0. The maximum Gasteiger partial charge on any atom is 0.335 e. The van der Waals surface area contributed by atoms with Crippen molar-refractivity contribution in [1.82, 2.24) is 0 Å². The van der Waals surface area contributed by atoms with Crippen LogP contribution in [0.3, 0.4) is 0 Å². The molecule has 104 valence electrons. The molecule has 0 aliphatic rings. The Morgan fingerprint density at radius 3 is 2.45 bits per heavy atom. The van der Waals surface area contributed by atoms with E-state index in [1.54, 1.807) is 31.4 Å².